The number of aromatic nitrogens is 2. The molecule has 0 saturated heterocycles. The van der Waals surface area contributed by atoms with Gasteiger partial charge in [-0.05, 0) is 63.5 Å². The smallest absolute Gasteiger partial charge is 0.244 e. The van der Waals surface area contributed by atoms with Gasteiger partial charge in [0.25, 0.3) is 0 Å². The van der Waals surface area contributed by atoms with Gasteiger partial charge in [-0.1, -0.05) is 25.3 Å². The fraction of sp³-hybridized carbons (Fsp3) is 0.455. The number of amides is 1. The molecule has 2 heterocycles. The van der Waals surface area contributed by atoms with Crippen LogP contribution in [0.5, 0.6) is 0 Å². The van der Waals surface area contributed by atoms with Gasteiger partial charge in [0.15, 0.2) is 0 Å². The third kappa shape index (κ3) is 4.24. The van der Waals surface area contributed by atoms with Crippen LogP contribution in [0, 0.1) is 13.8 Å². The summed E-state index contributed by atoms with van der Waals surface area (Å²) in [7, 11) is 0. The Morgan fingerprint density at radius 1 is 1.27 bits per heavy atom. The van der Waals surface area contributed by atoms with E-state index in [4.69, 9.17) is 0 Å². The lowest BCUT2D eigenvalue weighted by atomic mass is 9.95. The Hall–Kier alpha value is -2.36. The highest BCUT2D eigenvalue weighted by Gasteiger charge is 2.19. The second kappa shape index (κ2) is 8.35. The highest BCUT2D eigenvalue weighted by Crippen LogP contribution is 2.32. The average Bonchev–Trinajstić information content (AvgIpc) is 2.95. The monoisotopic (exact) mass is 351 g/mol. The quantitative estimate of drug-likeness (QED) is 0.779. The van der Waals surface area contributed by atoms with Crippen molar-refractivity contribution in [2.45, 2.75) is 65.0 Å². The molecule has 4 heteroatoms. The highest BCUT2D eigenvalue weighted by atomic mass is 16.1. The molecule has 1 aliphatic carbocycles. The molecule has 1 unspecified atom stereocenters. The summed E-state index contributed by atoms with van der Waals surface area (Å²) >= 11 is 0. The molecule has 2 aromatic rings. The SMILES string of the molecule is Cc1cc(/C=C/C(=O)NC(C)c2ccccn2)c(C)n1C1CCCCC1. The van der Waals surface area contributed by atoms with E-state index in [9.17, 15) is 4.79 Å². The van der Waals surface area contributed by atoms with Crippen LogP contribution in [0.25, 0.3) is 6.08 Å². The number of hydrogen-bond acceptors (Lipinski definition) is 2. The van der Waals surface area contributed by atoms with Gasteiger partial charge in [-0.2, -0.15) is 0 Å². The fourth-order valence-corrected chi connectivity index (χ4v) is 4.01. The zero-order valence-corrected chi connectivity index (χ0v) is 16.0. The van der Waals surface area contributed by atoms with Crippen LogP contribution in [0.1, 0.15) is 73.8 Å². The number of pyridine rings is 1. The van der Waals surface area contributed by atoms with E-state index in [-0.39, 0.29) is 11.9 Å². The first-order valence-corrected chi connectivity index (χ1v) is 9.64. The number of carbonyl (C=O) groups excluding carboxylic acids is 1. The summed E-state index contributed by atoms with van der Waals surface area (Å²) in [4.78, 5) is 16.6. The number of nitrogens with zero attached hydrogens (tertiary/aromatic N) is 2. The molecule has 1 fully saturated rings. The lowest BCUT2D eigenvalue weighted by Gasteiger charge is -2.26. The first-order chi connectivity index (χ1) is 12.6. The summed E-state index contributed by atoms with van der Waals surface area (Å²) in [6.07, 6.45) is 11.8. The summed E-state index contributed by atoms with van der Waals surface area (Å²) in [5, 5.41) is 2.98. The van der Waals surface area contributed by atoms with E-state index in [0.717, 1.165) is 11.3 Å². The van der Waals surface area contributed by atoms with Crippen LogP contribution in [-0.2, 0) is 4.79 Å². The van der Waals surface area contributed by atoms with Crippen LogP contribution in [-0.4, -0.2) is 15.5 Å². The third-order valence-corrected chi connectivity index (χ3v) is 5.37. The van der Waals surface area contributed by atoms with E-state index in [1.54, 1.807) is 12.3 Å². The zero-order chi connectivity index (χ0) is 18.5. The van der Waals surface area contributed by atoms with Gasteiger partial charge in [-0.15, -0.1) is 0 Å². The molecule has 26 heavy (non-hydrogen) atoms. The van der Waals surface area contributed by atoms with E-state index in [2.05, 4.69) is 34.8 Å². The third-order valence-electron chi connectivity index (χ3n) is 5.37. The summed E-state index contributed by atoms with van der Waals surface area (Å²) in [6, 6.07) is 8.43. The first-order valence-electron chi connectivity index (χ1n) is 9.64. The molecule has 0 aliphatic heterocycles. The van der Waals surface area contributed by atoms with Crippen molar-refractivity contribution < 1.29 is 4.79 Å². The molecular formula is C22H29N3O. The van der Waals surface area contributed by atoms with Crippen LogP contribution < -0.4 is 5.32 Å². The molecule has 0 aromatic carbocycles. The van der Waals surface area contributed by atoms with Crippen molar-refractivity contribution in [3.63, 3.8) is 0 Å². The predicted molar refractivity (Wildman–Crippen MR) is 106 cm³/mol. The minimum absolute atomic E-state index is 0.0920. The van der Waals surface area contributed by atoms with Gasteiger partial charge in [0.05, 0.1) is 11.7 Å². The van der Waals surface area contributed by atoms with E-state index in [0.29, 0.717) is 6.04 Å². The normalized spacial score (nSPS) is 16.7. The molecule has 3 rings (SSSR count). The Kier molecular flexibility index (Phi) is 5.92. The summed E-state index contributed by atoms with van der Waals surface area (Å²) < 4.78 is 2.47. The molecule has 1 atom stereocenters. The van der Waals surface area contributed by atoms with Crippen molar-refractivity contribution in [3.8, 4) is 0 Å². The lowest BCUT2D eigenvalue weighted by Crippen LogP contribution is -2.25. The van der Waals surface area contributed by atoms with E-state index in [1.165, 1.54) is 43.5 Å². The molecule has 2 aromatic heterocycles. The van der Waals surface area contributed by atoms with Crippen LogP contribution in [0.15, 0.2) is 36.5 Å². The zero-order valence-electron chi connectivity index (χ0n) is 16.0. The average molecular weight is 351 g/mol. The topological polar surface area (TPSA) is 46.9 Å². The Labute approximate surface area is 156 Å². The molecule has 4 nitrogen and oxygen atoms in total. The molecule has 138 valence electrons. The van der Waals surface area contributed by atoms with Gasteiger partial charge in [-0.3, -0.25) is 9.78 Å². The molecule has 1 N–H and O–H groups in total. The van der Waals surface area contributed by atoms with Crippen molar-refractivity contribution in [3.05, 3.63) is 59.2 Å². The second-order valence-corrected chi connectivity index (χ2v) is 7.31. The van der Waals surface area contributed by atoms with Crippen LogP contribution in [0.4, 0.5) is 0 Å². The van der Waals surface area contributed by atoms with Gasteiger partial charge in [-0.25, -0.2) is 0 Å². The maximum atomic E-state index is 12.3. The Bertz CT molecular complexity index is 770. The second-order valence-electron chi connectivity index (χ2n) is 7.31. The van der Waals surface area contributed by atoms with Crippen molar-refractivity contribution in [1.29, 1.82) is 0 Å². The van der Waals surface area contributed by atoms with E-state index < -0.39 is 0 Å². The largest absolute Gasteiger partial charge is 0.346 e. The minimum Gasteiger partial charge on any atom is -0.346 e. The van der Waals surface area contributed by atoms with Crippen molar-refractivity contribution >= 4 is 12.0 Å². The Morgan fingerprint density at radius 3 is 2.73 bits per heavy atom. The van der Waals surface area contributed by atoms with Gasteiger partial charge in [0.2, 0.25) is 5.91 Å². The summed E-state index contributed by atoms with van der Waals surface area (Å²) in [5.74, 6) is -0.0920. The van der Waals surface area contributed by atoms with Crippen LogP contribution >= 0.6 is 0 Å². The van der Waals surface area contributed by atoms with E-state index >= 15 is 0 Å². The summed E-state index contributed by atoms with van der Waals surface area (Å²) in [5.41, 5.74) is 4.55. The van der Waals surface area contributed by atoms with Gasteiger partial charge < -0.3 is 9.88 Å². The van der Waals surface area contributed by atoms with Crippen LogP contribution in [0.2, 0.25) is 0 Å². The Morgan fingerprint density at radius 2 is 2.04 bits per heavy atom. The molecule has 1 aliphatic rings. The van der Waals surface area contributed by atoms with Gasteiger partial charge >= 0.3 is 0 Å². The van der Waals surface area contributed by atoms with Crippen molar-refractivity contribution in [2.24, 2.45) is 0 Å². The summed E-state index contributed by atoms with van der Waals surface area (Å²) in [6.45, 7) is 6.28. The predicted octanol–water partition coefficient (Wildman–Crippen LogP) is 4.90. The standard InChI is InChI=1S/C22H29N3O/c1-16-15-19(18(3)25(16)20-9-5-4-6-10-20)12-13-22(26)24-17(2)21-11-7-8-14-23-21/h7-8,11-15,17,20H,4-6,9-10H2,1-3H3,(H,24,26)/b13-12+. The molecule has 1 saturated carbocycles. The fourth-order valence-electron chi connectivity index (χ4n) is 4.01. The number of hydrogen-bond donors (Lipinski definition) is 1. The maximum Gasteiger partial charge on any atom is 0.244 e. The molecule has 0 radical (unpaired) electrons. The van der Waals surface area contributed by atoms with Crippen molar-refractivity contribution in [2.75, 3.05) is 0 Å². The Balaban J connectivity index is 1.67. The molecule has 0 bridgehead atoms. The maximum absolute atomic E-state index is 12.3. The minimum atomic E-state index is -0.108. The first kappa shape index (κ1) is 18.4. The number of rotatable bonds is 5. The number of nitrogens with one attached hydrogen (secondary N) is 1. The molecular weight excluding hydrogens is 322 g/mol. The van der Waals surface area contributed by atoms with Crippen LogP contribution in [0.3, 0.4) is 0 Å². The molecule has 1 amide bonds. The van der Waals surface area contributed by atoms with Gasteiger partial charge in [0.1, 0.15) is 0 Å². The molecule has 0 spiro atoms. The number of carbonyl (C=O) groups is 1. The van der Waals surface area contributed by atoms with Crippen molar-refractivity contribution in [1.82, 2.24) is 14.9 Å². The lowest BCUT2D eigenvalue weighted by molar-refractivity contribution is -0.117. The van der Waals surface area contributed by atoms with E-state index in [1.807, 2.05) is 31.2 Å². The van der Waals surface area contributed by atoms with Gasteiger partial charge in [0, 0.05) is 29.7 Å². The highest BCUT2D eigenvalue weighted by molar-refractivity contribution is 5.92. The number of aryl methyl sites for hydroxylation is 1.